The Morgan fingerprint density at radius 2 is 1.89 bits per heavy atom. The van der Waals surface area contributed by atoms with Crippen molar-refractivity contribution in [2.45, 2.75) is 63.6 Å². The molecule has 1 aromatic carbocycles. The molecule has 1 aliphatic carbocycles. The van der Waals surface area contributed by atoms with Crippen molar-refractivity contribution in [2.24, 2.45) is 0 Å². The first kappa shape index (κ1) is 18.2. The van der Waals surface area contributed by atoms with E-state index in [2.05, 4.69) is 15.2 Å². The molecular formula is C21H28N4O2. The predicted octanol–water partition coefficient (Wildman–Crippen LogP) is 2.31. The molecular weight excluding hydrogens is 340 g/mol. The van der Waals surface area contributed by atoms with Gasteiger partial charge in [0, 0.05) is 25.2 Å². The van der Waals surface area contributed by atoms with Crippen molar-refractivity contribution in [2.75, 3.05) is 13.1 Å². The van der Waals surface area contributed by atoms with E-state index in [1.807, 2.05) is 18.2 Å². The molecule has 1 N–H and O–H groups in total. The van der Waals surface area contributed by atoms with Gasteiger partial charge in [0.1, 0.15) is 6.54 Å². The number of carbonyl (C=O) groups excluding carboxylic acids is 1. The lowest BCUT2D eigenvalue weighted by Crippen LogP contribution is -2.42. The van der Waals surface area contributed by atoms with Crippen LogP contribution in [0.1, 0.15) is 44.9 Å². The third-order valence-corrected chi connectivity index (χ3v) is 5.97. The Morgan fingerprint density at radius 3 is 2.70 bits per heavy atom. The lowest BCUT2D eigenvalue weighted by atomic mass is 10.1. The summed E-state index contributed by atoms with van der Waals surface area (Å²) >= 11 is 0. The molecule has 0 bridgehead atoms. The topological polar surface area (TPSA) is 67.2 Å². The third-order valence-electron chi connectivity index (χ3n) is 5.97. The number of hydrogen-bond acceptors (Lipinski definition) is 4. The number of rotatable bonds is 4. The van der Waals surface area contributed by atoms with E-state index in [4.69, 9.17) is 0 Å². The maximum Gasteiger partial charge on any atom is 0.261 e. The Balaban J connectivity index is 1.35. The van der Waals surface area contributed by atoms with Crippen LogP contribution < -0.4 is 10.9 Å². The zero-order valence-corrected chi connectivity index (χ0v) is 15.8. The fraction of sp³-hybridized carbons (Fsp3) is 0.571. The summed E-state index contributed by atoms with van der Waals surface area (Å²) in [5, 5.41) is 3.67. The summed E-state index contributed by atoms with van der Waals surface area (Å²) in [4.78, 5) is 31.8. The van der Waals surface area contributed by atoms with Gasteiger partial charge in [0.25, 0.3) is 5.56 Å². The molecule has 2 aliphatic rings. The van der Waals surface area contributed by atoms with Gasteiger partial charge in [-0.15, -0.1) is 0 Å². The Kier molecular flexibility index (Phi) is 5.53. The Hall–Kier alpha value is -2.21. The van der Waals surface area contributed by atoms with E-state index in [0.717, 1.165) is 19.5 Å². The van der Waals surface area contributed by atoms with Gasteiger partial charge in [-0.05, 0) is 31.4 Å². The van der Waals surface area contributed by atoms with E-state index in [-0.39, 0.29) is 24.1 Å². The summed E-state index contributed by atoms with van der Waals surface area (Å²) in [6, 6.07) is 8.09. The molecule has 1 saturated carbocycles. The minimum Gasteiger partial charge on any atom is -0.350 e. The number of para-hydroxylation sites is 1. The second kappa shape index (κ2) is 8.21. The molecule has 27 heavy (non-hydrogen) atoms. The standard InChI is InChI=1S/C21H28N4O2/c26-20(14-25-15-22-19-10-6-5-9-18(19)21(25)27)23-16-11-12-24(13-16)17-7-3-1-2-4-8-17/h5-6,9-10,15-17H,1-4,7-8,11-14H2,(H,23,26). The highest BCUT2D eigenvalue weighted by molar-refractivity contribution is 5.79. The molecule has 144 valence electrons. The van der Waals surface area contributed by atoms with Crippen molar-refractivity contribution in [3.05, 3.63) is 40.9 Å². The minimum atomic E-state index is -0.165. The molecule has 1 amide bonds. The Bertz CT molecular complexity index is 855. The second-order valence-electron chi connectivity index (χ2n) is 7.89. The van der Waals surface area contributed by atoms with Gasteiger partial charge in [-0.1, -0.05) is 37.8 Å². The fourth-order valence-electron chi connectivity index (χ4n) is 4.51. The smallest absolute Gasteiger partial charge is 0.261 e. The number of carbonyl (C=O) groups is 1. The quantitative estimate of drug-likeness (QED) is 0.841. The first-order chi connectivity index (χ1) is 13.2. The van der Waals surface area contributed by atoms with Crippen LogP contribution in [0.5, 0.6) is 0 Å². The maximum atomic E-state index is 12.5. The van der Waals surface area contributed by atoms with Gasteiger partial charge in [-0.3, -0.25) is 19.1 Å². The van der Waals surface area contributed by atoms with Gasteiger partial charge in [-0.2, -0.15) is 0 Å². The minimum absolute atomic E-state index is 0.0244. The van der Waals surface area contributed by atoms with Gasteiger partial charge < -0.3 is 5.32 Å². The molecule has 1 saturated heterocycles. The highest BCUT2D eigenvalue weighted by Crippen LogP contribution is 2.25. The summed E-state index contributed by atoms with van der Waals surface area (Å²) in [6.07, 6.45) is 10.4. The van der Waals surface area contributed by atoms with Gasteiger partial charge in [-0.25, -0.2) is 4.98 Å². The van der Waals surface area contributed by atoms with Crippen LogP contribution in [0.25, 0.3) is 10.9 Å². The van der Waals surface area contributed by atoms with Crippen LogP contribution in [0.3, 0.4) is 0 Å². The zero-order chi connectivity index (χ0) is 18.6. The second-order valence-corrected chi connectivity index (χ2v) is 7.89. The highest BCUT2D eigenvalue weighted by atomic mass is 16.2. The van der Waals surface area contributed by atoms with Crippen molar-refractivity contribution >= 4 is 16.8 Å². The summed E-state index contributed by atoms with van der Waals surface area (Å²) in [7, 11) is 0. The van der Waals surface area contributed by atoms with Gasteiger partial charge in [0.15, 0.2) is 0 Å². The SMILES string of the molecule is O=C(Cn1cnc2ccccc2c1=O)NC1CCN(C2CCCCCC2)C1. The van der Waals surface area contributed by atoms with Crippen molar-refractivity contribution in [3.8, 4) is 0 Å². The van der Waals surface area contributed by atoms with Gasteiger partial charge in [0.05, 0.1) is 17.2 Å². The van der Waals surface area contributed by atoms with Crippen molar-refractivity contribution in [1.29, 1.82) is 0 Å². The Morgan fingerprint density at radius 1 is 1.11 bits per heavy atom. The first-order valence-electron chi connectivity index (χ1n) is 10.2. The molecule has 1 unspecified atom stereocenters. The summed E-state index contributed by atoms with van der Waals surface area (Å²) in [5.41, 5.74) is 0.497. The fourth-order valence-corrected chi connectivity index (χ4v) is 4.51. The number of fused-ring (bicyclic) bond motifs is 1. The number of nitrogens with zero attached hydrogens (tertiary/aromatic N) is 3. The number of hydrogen-bond donors (Lipinski definition) is 1. The number of nitrogens with one attached hydrogen (secondary N) is 1. The van der Waals surface area contributed by atoms with Gasteiger partial charge >= 0.3 is 0 Å². The molecule has 1 aromatic heterocycles. The lowest BCUT2D eigenvalue weighted by Gasteiger charge is -2.26. The van der Waals surface area contributed by atoms with E-state index in [0.29, 0.717) is 16.9 Å². The summed E-state index contributed by atoms with van der Waals surface area (Å²) < 4.78 is 1.40. The van der Waals surface area contributed by atoms with E-state index < -0.39 is 0 Å². The first-order valence-corrected chi connectivity index (χ1v) is 10.2. The van der Waals surface area contributed by atoms with Crippen molar-refractivity contribution < 1.29 is 4.79 Å². The number of aromatic nitrogens is 2. The third kappa shape index (κ3) is 4.21. The maximum absolute atomic E-state index is 12.5. The molecule has 1 aliphatic heterocycles. The zero-order valence-electron chi connectivity index (χ0n) is 15.8. The molecule has 1 atom stereocenters. The normalized spacial score (nSPS) is 22.0. The summed E-state index contributed by atoms with van der Waals surface area (Å²) in [6.45, 7) is 2.02. The van der Waals surface area contributed by atoms with Crippen LogP contribution in [0.2, 0.25) is 0 Å². The largest absolute Gasteiger partial charge is 0.350 e. The van der Waals surface area contributed by atoms with E-state index >= 15 is 0 Å². The number of amides is 1. The van der Waals surface area contributed by atoms with Crippen LogP contribution in [-0.2, 0) is 11.3 Å². The summed E-state index contributed by atoms with van der Waals surface area (Å²) in [5.74, 6) is -0.109. The average molecular weight is 368 g/mol. The van der Waals surface area contributed by atoms with E-state index in [9.17, 15) is 9.59 Å². The van der Waals surface area contributed by atoms with Crippen LogP contribution >= 0.6 is 0 Å². The molecule has 2 fully saturated rings. The molecule has 2 aromatic rings. The number of benzene rings is 1. The van der Waals surface area contributed by atoms with Crippen molar-refractivity contribution in [3.63, 3.8) is 0 Å². The van der Waals surface area contributed by atoms with E-state index in [1.54, 1.807) is 6.07 Å². The average Bonchev–Trinajstić information content (AvgIpc) is 2.96. The molecule has 6 heteroatoms. The predicted molar refractivity (Wildman–Crippen MR) is 106 cm³/mol. The number of likely N-dealkylation sites (tertiary alicyclic amines) is 1. The van der Waals surface area contributed by atoms with E-state index in [1.165, 1.54) is 49.4 Å². The molecule has 0 spiro atoms. The van der Waals surface area contributed by atoms with Crippen LogP contribution in [0.4, 0.5) is 0 Å². The molecule has 6 nitrogen and oxygen atoms in total. The van der Waals surface area contributed by atoms with Gasteiger partial charge in [0.2, 0.25) is 5.91 Å². The molecule has 0 radical (unpaired) electrons. The highest BCUT2D eigenvalue weighted by Gasteiger charge is 2.29. The molecule has 4 rings (SSSR count). The van der Waals surface area contributed by atoms with Crippen molar-refractivity contribution in [1.82, 2.24) is 19.8 Å². The van der Waals surface area contributed by atoms with Crippen LogP contribution in [0.15, 0.2) is 35.4 Å². The molecule has 2 heterocycles. The monoisotopic (exact) mass is 368 g/mol. The Labute approximate surface area is 159 Å². The van der Waals surface area contributed by atoms with Crippen LogP contribution in [0, 0.1) is 0 Å². The lowest BCUT2D eigenvalue weighted by molar-refractivity contribution is -0.122. The van der Waals surface area contributed by atoms with Crippen LogP contribution in [-0.4, -0.2) is 45.5 Å².